The third-order valence-corrected chi connectivity index (χ3v) is 4.45. The summed E-state index contributed by atoms with van der Waals surface area (Å²) in [5.74, 6) is 1.66. The first-order chi connectivity index (χ1) is 9.76. The fraction of sp³-hybridized carbons (Fsp3) is 0.438. The molecule has 3 rings (SSSR count). The smallest absolute Gasteiger partial charge is 0.133 e. The predicted octanol–water partition coefficient (Wildman–Crippen LogP) is 4.40. The van der Waals surface area contributed by atoms with Gasteiger partial charge in [0.05, 0.1) is 16.4 Å². The molecule has 1 aromatic heterocycles. The molecular weight excluding hydrogens is 270 g/mol. The average molecular weight is 290 g/mol. The normalized spacial score (nSPS) is 13.6. The van der Waals surface area contributed by atoms with Gasteiger partial charge in [0, 0.05) is 18.0 Å². The molecule has 1 aromatic carbocycles. The number of aromatic nitrogens is 2. The SMILES string of the molecule is CCC(CC)c1nn(-c2ccccc2Cl)c2c1CCN2. The molecule has 106 valence electrons. The Morgan fingerprint density at radius 1 is 1.30 bits per heavy atom. The van der Waals surface area contributed by atoms with Gasteiger partial charge in [-0.05, 0) is 31.4 Å². The molecule has 0 fully saturated rings. The van der Waals surface area contributed by atoms with E-state index in [4.69, 9.17) is 16.7 Å². The molecule has 1 aliphatic rings. The Morgan fingerprint density at radius 2 is 2.05 bits per heavy atom. The van der Waals surface area contributed by atoms with E-state index in [-0.39, 0.29) is 0 Å². The van der Waals surface area contributed by atoms with Crippen LogP contribution < -0.4 is 5.32 Å². The molecule has 0 bridgehead atoms. The van der Waals surface area contributed by atoms with Crippen LogP contribution in [0.3, 0.4) is 0 Å². The molecule has 3 nitrogen and oxygen atoms in total. The highest BCUT2D eigenvalue weighted by atomic mass is 35.5. The highest BCUT2D eigenvalue weighted by Crippen LogP contribution is 2.36. The standard InChI is InChI=1S/C16H20ClN3/c1-3-11(4-2)15-12-9-10-18-16(12)20(19-15)14-8-6-5-7-13(14)17/h5-8,11,18H,3-4,9-10H2,1-2H3. The molecule has 0 amide bonds. The van der Waals surface area contributed by atoms with E-state index in [2.05, 4.69) is 19.2 Å². The lowest BCUT2D eigenvalue weighted by Crippen LogP contribution is -2.07. The van der Waals surface area contributed by atoms with E-state index in [0.717, 1.165) is 42.3 Å². The van der Waals surface area contributed by atoms with Crippen LogP contribution in [0.2, 0.25) is 5.02 Å². The van der Waals surface area contributed by atoms with Crippen molar-refractivity contribution in [1.29, 1.82) is 0 Å². The van der Waals surface area contributed by atoms with E-state index in [1.54, 1.807) is 0 Å². The number of hydrogen-bond acceptors (Lipinski definition) is 2. The maximum Gasteiger partial charge on any atom is 0.133 e. The quantitative estimate of drug-likeness (QED) is 0.904. The third-order valence-electron chi connectivity index (χ3n) is 4.13. The van der Waals surface area contributed by atoms with Gasteiger partial charge in [0.1, 0.15) is 5.82 Å². The summed E-state index contributed by atoms with van der Waals surface area (Å²) in [6.07, 6.45) is 3.32. The van der Waals surface area contributed by atoms with Crippen molar-refractivity contribution in [3.05, 3.63) is 40.5 Å². The van der Waals surface area contributed by atoms with Gasteiger partial charge in [-0.15, -0.1) is 0 Å². The zero-order valence-corrected chi connectivity index (χ0v) is 12.7. The van der Waals surface area contributed by atoms with Crippen molar-refractivity contribution in [3.8, 4) is 5.69 Å². The number of halogens is 1. The van der Waals surface area contributed by atoms with Crippen molar-refractivity contribution in [2.75, 3.05) is 11.9 Å². The number of nitrogens with one attached hydrogen (secondary N) is 1. The van der Waals surface area contributed by atoms with E-state index < -0.39 is 0 Å². The number of hydrogen-bond donors (Lipinski definition) is 1. The summed E-state index contributed by atoms with van der Waals surface area (Å²) in [5, 5.41) is 9.07. The number of para-hydroxylation sites is 1. The van der Waals surface area contributed by atoms with Crippen molar-refractivity contribution in [3.63, 3.8) is 0 Å². The van der Waals surface area contributed by atoms with E-state index in [0.29, 0.717) is 5.92 Å². The van der Waals surface area contributed by atoms with Gasteiger partial charge in [-0.25, -0.2) is 4.68 Å². The Bertz CT molecular complexity index is 614. The van der Waals surface area contributed by atoms with E-state index >= 15 is 0 Å². The van der Waals surface area contributed by atoms with Crippen LogP contribution in [0.4, 0.5) is 5.82 Å². The zero-order valence-electron chi connectivity index (χ0n) is 12.0. The van der Waals surface area contributed by atoms with E-state index in [1.807, 2.05) is 28.9 Å². The van der Waals surface area contributed by atoms with Crippen LogP contribution >= 0.6 is 11.6 Å². The molecule has 0 spiro atoms. The van der Waals surface area contributed by atoms with Crippen LogP contribution in [-0.4, -0.2) is 16.3 Å². The van der Waals surface area contributed by atoms with Gasteiger partial charge in [0.25, 0.3) is 0 Å². The molecule has 0 saturated heterocycles. The molecule has 0 saturated carbocycles. The van der Waals surface area contributed by atoms with Crippen molar-refractivity contribution < 1.29 is 0 Å². The van der Waals surface area contributed by atoms with Gasteiger partial charge in [-0.1, -0.05) is 37.6 Å². The van der Waals surface area contributed by atoms with Crippen molar-refractivity contribution >= 4 is 17.4 Å². The number of anilines is 1. The Balaban J connectivity index is 2.14. The second kappa shape index (κ2) is 5.49. The summed E-state index contributed by atoms with van der Waals surface area (Å²) in [5.41, 5.74) is 3.57. The maximum atomic E-state index is 6.33. The lowest BCUT2D eigenvalue weighted by Gasteiger charge is -2.11. The van der Waals surface area contributed by atoms with Crippen molar-refractivity contribution in [2.24, 2.45) is 0 Å². The molecule has 1 aliphatic heterocycles. The minimum Gasteiger partial charge on any atom is -0.369 e. The molecule has 0 radical (unpaired) electrons. The first kappa shape index (κ1) is 13.5. The molecular formula is C16H20ClN3. The number of fused-ring (bicyclic) bond motifs is 1. The Hall–Kier alpha value is -1.48. The molecule has 2 heterocycles. The lowest BCUT2D eigenvalue weighted by molar-refractivity contribution is 0.607. The summed E-state index contributed by atoms with van der Waals surface area (Å²) in [6.45, 7) is 5.46. The van der Waals surface area contributed by atoms with Gasteiger partial charge in [0.2, 0.25) is 0 Å². The van der Waals surface area contributed by atoms with E-state index in [1.165, 1.54) is 11.3 Å². The van der Waals surface area contributed by atoms with Crippen LogP contribution in [-0.2, 0) is 6.42 Å². The first-order valence-corrected chi connectivity index (χ1v) is 7.74. The Kier molecular flexibility index (Phi) is 3.70. The molecule has 0 aliphatic carbocycles. The fourth-order valence-corrected chi connectivity index (χ4v) is 3.22. The molecule has 20 heavy (non-hydrogen) atoms. The summed E-state index contributed by atoms with van der Waals surface area (Å²) in [7, 11) is 0. The Morgan fingerprint density at radius 3 is 2.75 bits per heavy atom. The summed E-state index contributed by atoms with van der Waals surface area (Å²) < 4.78 is 1.98. The second-order valence-corrected chi connectivity index (χ2v) is 5.67. The maximum absolute atomic E-state index is 6.33. The van der Waals surface area contributed by atoms with Crippen LogP contribution in [0.25, 0.3) is 5.69 Å². The minimum atomic E-state index is 0.535. The molecule has 1 N–H and O–H groups in total. The van der Waals surface area contributed by atoms with Crippen LogP contribution in [0.1, 0.15) is 43.9 Å². The summed E-state index contributed by atoms with van der Waals surface area (Å²) in [6, 6.07) is 7.88. The van der Waals surface area contributed by atoms with Gasteiger partial charge < -0.3 is 5.32 Å². The molecule has 4 heteroatoms. The highest BCUT2D eigenvalue weighted by Gasteiger charge is 2.26. The monoisotopic (exact) mass is 289 g/mol. The first-order valence-electron chi connectivity index (χ1n) is 7.36. The predicted molar refractivity (Wildman–Crippen MR) is 84.1 cm³/mol. The zero-order chi connectivity index (χ0) is 14.1. The summed E-state index contributed by atoms with van der Waals surface area (Å²) >= 11 is 6.33. The molecule has 2 aromatic rings. The van der Waals surface area contributed by atoms with Gasteiger partial charge in [-0.2, -0.15) is 5.10 Å². The second-order valence-electron chi connectivity index (χ2n) is 5.27. The average Bonchev–Trinajstić information content (AvgIpc) is 3.04. The topological polar surface area (TPSA) is 29.9 Å². The fourth-order valence-electron chi connectivity index (χ4n) is 3.00. The minimum absolute atomic E-state index is 0.535. The number of nitrogens with zero attached hydrogens (tertiary/aromatic N) is 2. The largest absolute Gasteiger partial charge is 0.369 e. The number of rotatable bonds is 4. The summed E-state index contributed by atoms with van der Waals surface area (Å²) in [4.78, 5) is 0. The van der Waals surface area contributed by atoms with Gasteiger partial charge >= 0.3 is 0 Å². The third kappa shape index (κ3) is 2.10. The van der Waals surface area contributed by atoms with Gasteiger partial charge in [-0.3, -0.25) is 0 Å². The molecule has 0 unspecified atom stereocenters. The van der Waals surface area contributed by atoms with Crippen LogP contribution in [0.15, 0.2) is 24.3 Å². The van der Waals surface area contributed by atoms with Crippen molar-refractivity contribution in [2.45, 2.75) is 39.0 Å². The van der Waals surface area contributed by atoms with Crippen LogP contribution in [0, 0.1) is 0 Å². The Labute approximate surface area is 124 Å². The van der Waals surface area contributed by atoms with Crippen LogP contribution in [0.5, 0.6) is 0 Å². The highest BCUT2D eigenvalue weighted by molar-refractivity contribution is 6.32. The number of benzene rings is 1. The lowest BCUT2D eigenvalue weighted by atomic mass is 9.96. The van der Waals surface area contributed by atoms with E-state index in [9.17, 15) is 0 Å². The van der Waals surface area contributed by atoms with Gasteiger partial charge in [0.15, 0.2) is 0 Å². The van der Waals surface area contributed by atoms with Crippen molar-refractivity contribution in [1.82, 2.24) is 9.78 Å². The molecule has 0 atom stereocenters.